The van der Waals surface area contributed by atoms with E-state index < -0.39 is 17.5 Å². The van der Waals surface area contributed by atoms with E-state index >= 15 is 0 Å². The van der Waals surface area contributed by atoms with Crippen LogP contribution in [0.25, 0.3) is 0 Å². The van der Waals surface area contributed by atoms with Crippen LogP contribution in [0.2, 0.25) is 0 Å². The van der Waals surface area contributed by atoms with Crippen LogP contribution in [-0.4, -0.2) is 42.1 Å². The van der Waals surface area contributed by atoms with Gasteiger partial charge in [-0.15, -0.1) is 0 Å². The minimum Gasteiger partial charge on any atom is -0.369 e. The van der Waals surface area contributed by atoms with Crippen molar-refractivity contribution in [1.82, 2.24) is 14.9 Å². The number of hydrogen-bond acceptors (Lipinski definition) is 5. The number of rotatable bonds is 6. The highest BCUT2D eigenvalue weighted by Crippen LogP contribution is 2.22. The van der Waals surface area contributed by atoms with Crippen LogP contribution in [0.4, 0.5) is 30.6 Å². The molecular weight excluding hydrogens is 295 g/mol. The molecule has 0 bridgehead atoms. The maximum absolute atomic E-state index is 13.6. The Morgan fingerprint density at radius 2 is 1.86 bits per heavy atom. The highest BCUT2D eigenvalue weighted by atomic mass is 19.2. The van der Waals surface area contributed by atoms with Gasteiger partial charge in [-0.25, -0.2) is 18.2 Å². The van der Waals surface area contributed by atoms with Crippen molar-refractivity contribution in [2.75, 3.05) is 37.8 Å². The zero-order valence-electron chi connectivity index (χ0n) is 12.2. The largest absolute Gasteiger partial charge is 0.369 e. The van der Waals surface area contributed by atoms with Gasteiger partial charge in [0.15, 0.2) is 17.5 Å². The summed E-state index contributed by atoms with van der Waals surface area (Å²) in [6.07, 6.45) is 1.48. The molecule has 1 aromatic heterocycles. The van der Waals surface area contributed by atoms with Crippen molar-refractivity contribution in [3.05, 3.63) is 41.8 Å². The zero-order valence-corrected chi connectivity index (χ0v) is 12.2. The Labute approximate surface area is 126 Å². The van der Waals surface area contributed by atoms with E-state index in [4.69, 9.17) is 0 Å². The smallest absolute Gasteiger partial charge is 0.229 e. The fraction of sp³-hybridized carbons (Fsp3) is 0.286. The monoisotopic (exact) mass is 311 g/mol. The van der Waals surface area contributed by atoms with E-state index in [1.807, 2.05) is 19.0 Å². The van der Waals surface area contributed by atoms with Gasteiger partial charge in [0.2, 0.25) is 5.95 Å². The molecule has 5 nitrogen and oxygen atoms in total. The van der Waals surface area contributed by atoms with Crippen molar-refractivity contribution < 1.29 is 13.2 Å². The van der Waals surface area contributed by atoms with Gasteiger partial charge in [0, 0.05) is 19.3 Å². The van der Waals surface area contributed by atoms with E-state index in [0.717, 1.165) is 18.7 Å². The van der Waals surface area contributed by atoms with Crippen molar-refractivity contribution in [2.24, 2.45) is 0 Å². The number of likely N-dealkylation sites (N-methyl/N-ethyl adjacent to an activating group) is 1. The van der Waals surface area contributed by atoms with E-state index in [0.29, 0.717) is 12.4 Å². The van der Waals surface area contributed by atoms with Crippen molar-refractivity contribution in [3.63, 3.8) is 0 Å². The van der Waals surface area contributed by atoms with Crippen LogP contribution in [-0.2, 0) is 0 Å². The minimum absolute atomic E-state index is 0.0831. The van der Waals surface area contributed by atoms with Crippen molar-refractivity contribution in [2.45, 2.75) is 0 Å². The zero-order chi connectivity index (χ0) is 16.1. The SMILES string of the molecule is CN(C)CCNc1ccnc(Nc2ccc(F)c(F)c2F)n1. The van der Waals surface area contributed by atoms with Crippen LogP contribution in [0.1, 0.15) is 0 Å². The third-order valence-corrected chi connectivity index (χ3v) is 2.80. The molecule has 1 heterocycles. The van der Waals surface area contributed by atoms with Gasteiger partial charge < -0.3 is 15.5 Å². The molecule has 0 atom stereocenters. The number of anilines is 3. The number of benzene rings is 1. The van der Waals surface area contributed by atoms with E-state index in [1.54, 1.807) is 6.07 Å². The highest BCUT2D eigenvalue weighted by Gasteiger charge is 2.14. The fourth-order valence-electron chi connectivity index (χ4n) is 1.67. The molecule has 0 unspecified atom stereocenters. The Bertz CT molecular complexity index is 648. The molecule has 0 amide bonds. The Morgan fingerprint density at radius 1 is 1.09 bits per heavy atom. The summed E-state index contributed by atoms with van der Waals surface area (Å²) in [5.41, 5.74) is -0.232. The molecule has 0 spiro atoms. The lowest BCUT2D eigenvalue weighted by Crippen LogP contribution is -2.21. The summed E-state index contributed by atoms with van der Waals surface area (Å²) >= 11 is 0. The molecule has 0 saturated heterocycles. The number of nitrogens with zero attached hydrogens (tertiary/aromatic N) is 3. The molecule has 8 heteroatoms. The molecule has 0 fully saturated rings. The average molecular weight is 311 g/mol. The van der Waals surface area contributed by atoms with Gasteiger partial charge in [0.1, 0.15) is 5.82 Å². The molecule has 2 N–H and O–H groups in total. The normalized spacial score (nSPS) is 10.8. The molecule has 2 rings (SSSR count). The quantitative estimate of drug-likeness (QED) is 0.803. The van der Waals surface area contributed by atoms with Gasteiger partial charge in [-0.05, 0) is 32.3 Å². The maximum atomic E-state index is 13.6. The second-order valence-electron chi connectivity index (χ2n) is 4.84. The lowest BCUT2D eigenvalue weighted by Gasteiger charge is -2.12. The van der Waals surface area contributed by atoms with Crippen LogP contribution in [0.5, 0.6) is 0 Å². The second kappa shape index (κ2) is 7.08. The van der Waals surface area contributed by atoms with Crippen LogP contribution in [0.15, 0.2) is 24.4 Å². The standard InChI is InChI=1S/C14H16F3N5/c1-22(2)8-7-18-11-5-6-19-14(21-11)20-10-4-3-9(15)12(16)13(10)17/h3-6H,7-8H2,1-2H3,(H2,18,19,20,21). The molecule has 0 radical (unpaired) electrons. The molecule has 118 valence electrons. The molecule has 22 heavy (non-hydrogen) atoms. The predicted octanol–water partition coefficient (Wildman–Crippen LogP) is 2.61. The molecule has 0 aliphatic carbocycles. The summed E-state index contributed by atoms with van der Waals surface area (Å²) in [7, 11) is 3.89. The first-order valence-corrected chi connectivity index (χ1v) is 6.59. The van der Waals surface area contributed by atoms with E-state index in [2.05, 4.69) is 20.6 Å². The number of halogens is 3. The number of nitrogens with one attached hydrogen (secondary N) is 2. The van der Waals surface area contributed by atoms with E-state index in [1.165, 1.54) is 6.20 Å². The van der Waals surface area contributed by atoms with Gasteiger partial charge >= 0.3 is 0 Å². The van der Waals surface area contributed by atoms with E-state index in [9.17, 15) is 13.2 Å². The van der Waals surface area contributed by atoms with Crippen LogP contribution in [0, 0.1) is 17.5 Å². The topological polar surface area (TPSA) is 53.1 Å². The molecule has 0 aliphatic rings. The Hall–Kier alpha value is -2.35. The molecule has 0 aliphatic heterocycles. The average Bonchev–Trinajstić information content (AvgIpc) is 2.48. The first-order valence-electron chi connectivity index (χ1n) is 6.59. The maximum Gasteiger partial charge on any atom is 0.229 e. The van der Waals surface area contributed by atoms with Crippen LogP contribution < -0.4 is 10.6 Å². The second-order valence-corrected chi connectivity index (χ2v) is 4.84. The Balaban J connectivity index is 2.09. The summed E-state index contributed by atoms with van der Waals surface area (Å²) in [4.78, 5) is 10.0. The molecule has 2 aromatic rings. The summed E-state index contributed by atoms with van der Waals surface area (Å²) in [5, 5.41) is 5.60. The van der Waals surface area contributed by atoms with Gasteiger partial charge in [-0.1, -0.05) is 0 Å². The number of aromatic nitrogens is 2. The van der Waals surface area contributed by atoms with Crippen molar-refractivity contribution >= 4 is 17.5 Å². The predicted molar refractivity (Wildman–Crippen MR) is 78.7 cm³/mol. The summed E-state index contributed by atoms with van der Waals surface area (Å²) in [5.74, 6) is -3.47. The van der Waals surface area contributed by atoms with Gasteiger partial charge in [-0.2, -0.15) is 4.98 Å². The third-order valence-electron chi connectivity index (χ3n) is 2.80. The van der Waals surface area contributed by atoms with Crippen molar-refractivity contribution in [3.8, 4) is 0 Å². The third kappa shape index (κ3) is 4.08. The minimum atomic E-state index is -1.54. The molecular formula is C14H16F3N5. The molecule has 0 saturated carbocycles. The summed E-state index contributed by atoms with van der Waals surface area (Å²) < 4.78 is 39.6. The Kier molecular flexibility index (Phi) is 5.16. The lowest BCUT2D eigenvalue weighted by molar-refractivity contribution is 0.425. The summed E-state index contributed by atoms with van der Waals surface area (Å²) in [6, 6.07) is 3.58. The Morgan fingerprint density at radius 3 is 2.59 bits per heavy atom. The van der Waals surface area contributed by atoms with Crippen LogP contribution >= 0.6 is 0 Å². The van der Waals surface area contributed by atoms with Gasteiger partial charge in [-0.3, -0.25) is 0 Å². The van der Waals surface area contributed by atoms with E-state index in [-0.39, 0.29) is 11.6 Å². The highest BCUT2D eigenvalue weighted by molar-refractivity contribution is 5.55. The van der Waals surface area contributed by atoms with Gasteiger partial charge in [0.05, 0.1) is 5.69 Å². The molecule has 1 aromatic carbocycles. The first-order chi connectivity index (χ1) is 10.5. The summed E-state index contributed by atoms with van der Waals surface area (Å²) in [6.45, 7) is 1.48. The van der Waals surface area contributed by atoms with Crippen LogP contribution in [0.3, 0.4) is 0 Å². The van der Waals surface area contributed by atoms with Gasteiger partial charge in [0.25, 0.3) is 0 Å². The number of hydrogen-bond donors (Lipinski definition) is 2. The first kappa shape index (κ1) is 16.0. The lowest BCUT2D eigenvalue weighted by atomic mass is 10.3. The fourth-order valence-corrected chi connectivity index (χ4v) is 1.67. The van der Waals surface area contributed by atoms with Crippen molar-refractivity contribution in [1.29, 1.82) is 0 Å².